The lowest BCUT2D eigenvalue weighted by Crippen LogP contribution is -2.41. The second-order valence-corrected chi connectivity index (χ2v) is 5.90. The minimum absolute atomic E-state index is 0.220. The zero-order valence-electron chi connectivity index (χ0n) is 15.6. The molecule has 2 N–H and O–H groups in total. The zero-order chi connectivity index (χ0) is 21.4. The summed E-state index contributed by atoms with van der Waals surface area (Å²) in [5, 5.41) is 0. The highest BCUT2D eigenvalue weighted by Crippen LogP contribution is 2.29. The van der Waals surface area contributed by atoms with E-state index in [0.29, 0.717) is 6.07 Å². The van der Waals surface area contributed by atoms with Crippen LogP contribution in [0.4, 0.5) is 13.2 Å². The van der Waals surface area contributed by atoms with Crippen molar-refractivity contribution in [3.05, 3.63) is 102 Å². The lowest BCUT2D eigenvalue weighted by Gasteiger charge is -2.10. The van der Waals surface area contributed by atoms with Gasteiger partial charge in [0.2, 0.25) is 0 Å². The standard InChI is InChI=1S/C22H19F3N2O2/c1-3-5-7-15(4-2)16-10-12-17(13-11-16)20(28)26-27-21(29)18-8-6-9-19(14-18)22(23,24)25/h3-14H,1H2,2H3,(H,26,28)(H,27,29)/b7-5-,15-4+. The molecule has 7 heteroatoms. The van der Waals surface area contributed by atoms with Crippen molar-refractivity contribution < 1.29 is 22.8 Å². The van der Waals surface area contributed by atoms with Gasteiger partial charge >= 0.3 is 6.18 Å². The van der Waals surface area contributed by atoms with Gasteiger partial charge in [-0.2, -0.15) is 13.2 Å². The molecule has 0 saturated carbocycles. The number of allylic oxidation sites excluding steroid dienone is 5. The number of benzene rings is 2. The molecule has 2 aromatic rings. The number of nitrogens with one attached hydrogen (secondary N) is 2. The topological polar surface area (TPSA) is 58.2 Å². The van der Waals surface area contributed by atoms with E-state index in [9.17, 15) is 22.8 Å². The van der Waals surface area contributed by atoms with Crippen LogP contribution in [0.2, 0.25) is 0 Å². The first kappa shape index (κ1) is 21.7. The van der Waals surface area contributed by atoms with E-state index in [4.69, 9.17) is 0 Å². The van der Waals surface area contributed by atoms with Crippen molar-refractivity contribution >= 4 is 17.4 Å². The van der Waals surface area contributed by atoms with Crippen molar-refractivity contribution in [1.82, 2.24) is 10.9 Å². The monoisotopic (exact) mass is 400 g/mol. The molecule has 0 aliphatic heterocycles. The first-order chi connectivity index (χ1) is 13.8. The molecule has 0 radical (unpaired) electrons. The second kappa shape index (κ2) is 9.54. The van der Waals surface area contributed by atoms with Crippen molar-refractivity contribution in [2.24, 2.45) is 0 Å². The molecule has 4 nitrogen and oxygen atoms in total. The molecule has 0 spiro atoms. The van der Waals surface area contributed by atoms with Crippen LogP contribution in [0.25, 0.3) is 5.57 Å². The van der Waals surface area contributed by atoms with E-state index in [1.165, 1.54) is 6.07 Å². The van der Waals surface area contributed by atoms with Crippen molar-refractivity contribution in [2.75, 3.05) is 0 Å². The van der Waals surface area contributed by atoms with Gasteiger partial charge in [-0.05, 0) is 48.4 Å². The van der Waals surface area contributed by atoms with Crippen LogP contribution in [-0.4, -0.2) is 11.8 Å². The third-order valence-electron chi connectivity index (χ3n) is 3.94. The number of amides is 2. The average molecular weight is 400 g/mol. The van der Waals surface area contributed by atoms with E-state index in [-0.39, 0.29) is 11.1 Å². The van der Waals surface area contributed by atoms with Crippen molar-refractivity contribution in [3.63, 3.8) is 0 Å². The maximum atomic E-state index is 12.7. The summed E-state index contributed by atoms with van der Waals surface area (Å²) < 4.78 is 38.2. The normalized spacial score (nSPS) is 11.9. The molecule has 0 fully saturated rings. The molecule has 0 aliphatic rings. The Morgan fingerprint density at radius 2 is 1.52 bits per heavy atom. The first-order valence-corrected chi connectivity index (χ1v) is 8.60. The van der Waals surface area contributed by atoms with Gasteiger partial charge in [-0.25, -0.2) is 0 Å². The van der Waals surface area contributed by atoms with Gasteiger partial charge in [-0.1, -0.05) is 49.1 Å². The van der Waals surface area contributed by atoms with E-state index in [1.54, 1.807) is 36.4 Å². The van der Waals surface area contributed by atoms with Crippen molar-refractivity contribution in [2.45, 2.75) is 13.1 Å². The Bertz CT molecular complexity index is 959. The molecular weight excluding hydrogens is 381 g/mol. The van der Waals surface area contributed by atoms with Crippen LogP contribution in [0.5, 0.6) is 0 Å². The molecule has 2 amide bonds. The van der Waals surface area contributed by atoms with Gasteiger partial charge < -0.3 is 0 Å². The molecule has 0 saturated heterocycles. The van der Waals surface area contributed by atoms with Crippen LogP contribution in [0.3, 0.4) is 0 Å². The Morgan fingerprint density at radius 3 is 2.07 bits per heavy atom. The predicted molar refractivity (Wildman–Crippen MR) is 106 cm³/mol. The van der Waals surface area contributed by atoms with Gasteiger partial charge in [0.15, 0.2) is 0 Å². The highest BCUT2D eigenvalue weighted by Gasteiger charge is 2.30. The van der Waals surface area contributed by atoms with Gasteiger partial charge in [0.1, 0.15) is 0 Å². The number of carbonyl (C=O) groups is 2. The summed E-state index contributed by atoms with van der Waals surface area (Å²) in [6, 6.07) is 10.6. The fourth-order valence-electron chi connectivity index (χ4n) is 2.44. The zero-order valence-corrected chi connectivity index (χ0v) is 15.6. The van der Waals surface area contributed by atoms with E-state index in [2.05, 4.69) is 17.4 Å². The van der Waals surface area contributed by atoms with Crippen LogP contribution >= 0.6 is 0 Å². The Hall–Kier alpha value is -3.61. The largest absolute Gasteiger partial charge is 0.416 e. The maximum absolute atomic E-state index is 12.7. The second-order valence-electron chi connectivity index (χ2n) is 5.90. The van der Waals surface area contributed by atoms with Crippen molar-refractivity contribution in [1.29, 1.82) is 0 Å². The van der Waals surface area contributed by atoms with E-state index in [1.807, 2.05) is 19.1 Å². The Labute approximate surface area is 166 Å². The van der Waals surface area contributed by atoms with Gasteiger partial charge in [0.25, 0.3) is 11.8 Å². The molecule has 2 aromatic carbocycles. The minimum atomic E-state index is -4.56. The lowest BCUT2D eigenvalue weighted by atomic mass is 10.0. The summed E-state index contributed by atoms with van der Waals surface area (Å²) in [7, 11) is 0. The number of carbonyl (C=O) groups excluding carboxylic acids is 2. The Kier molecular flexibility index (Phi) is 7.14. The van der Waals surface area contributed by atoms with Gasteiger partial charge in [0.05, 0.1) is 5.56 Å². The van der Waals surface area contributed by atoms with Gasteiger partial charge in [-0.3, -0.25) is 20.4 Å². The molecule has 2 rings (SSSR count). The molecule has 0 aromatic heterocycles. The lowest BCUT2D eigenvalue weighted by molar-refractivity contribution is -0.137. The fourth-order valence-corrected chi connectivity index (χ4v) is 2.44. The number of rotatable bonds is 5. The molecular formula is C22H19F3N2O2. The number of hydrazine groups is 1. The van der Waals surface area contributed by atoms with Gasteiger partial charge in [-0.15, -0.1) is 0 Å². The SMILES string of the molecule is C=C/C=C\C(=C/C)c1ccc(C(=O)NNC(=O)c2cccc(C(F)(F)F)c2)cc1. The smallest absolute Gasteiger partial charge is 0.267 e. The Balaban J connectivity index is 2.03. The summed E-state index contributed by atoms with van der Waals surface area (Å²) in [5.41, 5.74) is 5.24. The van der Waals surface area contributed by atoms with Crippen molar-refractivity contribution in [3.8, 4) is 0 Å². The summed E-state index contributed by atoms with van der Waals surface area (Å²) >= 11 is 0. The maximum Gasteiger partial charge on any atom is 0.416 e. The molecule has 0 atom stereocenters. The van der Waals surface area contributed by atoms with Crippen LogP contribution in [0, 0.1) is 0 Å². The Morgan fingerprint density at radius 1 is 0.931 bits per heavy atom. The molecule has 29 heavy (non-hydrogen) atoms. The summed E-state index contributed by atoms with van der Waals surface area (Å²) in [5.74, 6) is -1.45. The fraction of sp³-hybridized carbons (Fsp3) is 0.0909. The number of halogens is 3. The van der Waals surface area contributed by atoms with Crippen LogP contribution in [0.1, 0.15) is 38.8 Å². The molecule has 0 aliphatic carbocycles. The first-order valence-electron chi connectivity index (χ1n) is 8.60. The number of hydrogen-bond donors (Lipinski definition) is 2. The van der Waals surface area contributed by atoms with E-state index >= 15 is 0 Å². The summed E-state index contributed by atoms with van der Waals surface area (Å²) in [4.78, 5) is 24.2. The van der Waals surface area contributed by atoms with Gasteiger partial charge in [0, 0.05) is 11.1 Å². The summed E-state index contributed by atoms with van der Waals surface area (Å²) in [6.07, 6.45) is 2.66. The molecule has 0 heterocycles. The average Bonchev–Trinajstić information content (AvgIpc) is 2.72. The molecule has 150 valence electrons. The van der Waals surface area contributed by atoms with E-state index in [0.717, 1.165) is 23.3 Å². The highest BCUT2D eigenvalue weighted by molar-refractivity contribution is 5.99. The van der Waals surface area contributed by atoms with E-state index < -0.39 is 23.6 Å². The van der Waals surface area contributed by atoms with Crippen LogP contribution in [-0.2, 0) is 6.18 Å². The summed E-state index contributed by atoms with van der Waals surface area (Å²) in [6.45, 7) is 5.50. The predicted octanol–water partition coefficient (Wildman–Crippen LogP) is 4.93. The van der Waals surface area contributed by atoms with Crippen LogP contribution in [0.15, 0.2) is 79.4 Å². The quantitative estimate of drug-likeness (QED) is 0.553. The minimum Gasteiger partial charge on any atom is -0.267 e. The highest BCUT2D eigenvalue weighted by atomic mass is 19.4. The molecule has 0 unspecified atom stereocenters. The third kappa shape index (κ3) is 5.93. The number of alkyl halides is 3. The third-order valence-corrected chi connectivity index (χ3v) is 3.94. The van der Waals surface area contributed by atoms with Crippen LogP contribution < -0.4 is 10.9 Å². The number of hydrogen-bond acceptors (Lipinski definition) is 2. The molecule has 0 bridgehead atoms.